The summed E-state index contributed by atoms with van der Waals surface area (Å²) >= 11 is 0. The SMILES string of the molecule is CCCCCCCCCN(CCCCCCCCC)CCN(CCCCCCCCC)CC(=O)N1CCN(C(=O)CCCC(=O)OCCCCCCC)CC1. The molecule has 0 N–H and O–H groups in total. The molecule has 55 heavy (non-hydrogen) atoms. The Bertz CT molecular complexity index is 876. The van der Waals surface area contributed by atoms with Crippen molar-refractivity contribution in [1.82, 2.24) is 19.6 Å². The first-order chi connectivity index (χ1) is 26.9. The second kappa shape index (κ2) is 37.9. The number of piperazine rings is 1. The van der Waals surface area contributed by atoms with Crippen molar-refractivity contribution in [2.45, 2.75) is 214 Å². The Morgan fingerprint density at radius 3 is 1.22 bits per heavy atom. The molecule has 1 rings (SSSR count). The molecule has 8 heteroatoms. The lowest BCUT2D eigenvalue weighted by Crippen LogP contribution is -2.53. The van der Waals surface area contributed by atoms with E-state index in [9.17, 15) is 14.4 Å². The molecule has 1 aliphatic heterocycles. The molecule has 0 aromatic heterocycles. The number of hydrogen-bond acceptors (Lipinski definition) is 6. The zero-order valence-electron chi connectivity index (χ0n) is 37.2. The molecule has 0 aliphatic carbocycles. The summed E-state index contributed by atoms with van der Waals surface area (Å²) < 4.78 is 5.36. The van der Waals surface area contributed by atoms with Crippen LogP contribution in [0, 0.1) is 0 Å². The van der Waals surface area contributed by atoms with Crippen LogP contribution in [0.5, 0.6) is 0 Å². The molecule has 8 nitrogen and oxygen atoms in total. The van der Waals surface area contributed by atoms with Crippen LogP contribution in [0.4, 0.5) is 0 Å². The minimum Gasteiger partial charge on any atom is -0.466 e. The first-order valence-electron chi connectivity index (χ1n) is 24.1. The van der Waals surface area contributed by atoms with Crippen LogP contribution in [-0.2, 0) is 19.1 Å². The van der Waals surface area contributed by atoms with Crippen molar-refractivity contribution in [1.29, 1.82) is 0 Å². The van der Waals surface area contributed by atoms with Crippen LogP contribution in [-0.4, -0.2) is 109 Å². The summed E-state index contributed by atoms with van der Waals surface area (Å²) in [4.78, 5) is 47.8. The van der Waals surface area contributed by atoms with Crippen LogP contribution in [0.25, 0.3) is 0 Å². The first kappa shape index (κ1) is 51.3. The number of hydrogen-bond donors (Lipinski definition) is 0. The molecule has 1 aliphatic rings. The van der Waals surface area contributed by atoms with Crippen molar-refractivity contribution in [3.63, 3.8) is 0 Å². The van der Waals surface area contributed by atoms with Crippen LogP contribution in [0.1, 0.15) is 214 Å². The second-order valence-corrected chi connectivity index (χ2v) is 16.7. The molecule has 0 spiro atoms. The zero-order valence-corrected chi connectivity index (χ0v) is 37.2. The summed E-state index contributed by atoms with van der Waals surface area (Å²) in [6.45, 7) is 17.7. The van der Waals surface area contributed by atoms with Crippen molar-refractivity contribution in [3.8, 4) is 0 Å². The monoisotopic (exact) mass is 777 g/mol. The Morgan fingerprint density at radius 1 is 0.400 bits per heavy atom. The van der Waals surface area contributed by atoms with E-state index in [1.807, 2.05) is 9.80 Å². The minimum absolute atomic E-state index is 0.0852. The maximum Gasteiger partial charge on any atom is 0.305 e. The maximum atomic E-state index is 13.7. The van der Waals surface area contributed by atoms with Crippen LogP contribution >= 0.6 is 0 Å². The van der Waals surface area contributed by atoms with Gasteiger partial charge in [0, 0.05) is 52.1 Å². The van der Waals surface area contributed by atoms with Crippen molar-refractivity contribution in [2.75, 3.05) is 72.1 Å². The first-order valence-corrected chi connectivity index (χ1v) is 24.1. The molecule has 0 unspecified atom stereocenters. The van der Waals surface area contributed by atoms with Gasteiger partial charge in [0.2, 0.25) is 11.8 Å². The summed E-state index contributed by atoms with van der Waals surface area (Å²) in [6, 6.07) is 0. The fraction of sp³-hybridized carbons (Fsp3) is 0.936. The molecule has 0 radical (unpaired) electrons. The number of unbranched alkanes of at least 4 members (excludes halogenated alkanes) is 22. The predicted molar refractivity (Wildman–Crippen MR) is 234 cm³/mol. The normalized spacial score (nSPS) is 13.3. The zero-order chi connectivity index (χ0) is 40.0. The molecule has 0 aromatic carbocycles. The third-order valence-electron chi connectivity index (χ3n) is 11.6. The lowest BCUT2D eigenvalue weighted by molar-refractivity contribution is -0.144. The highest BCUT2D eigenvalue weighted by Crippen LogP contribution is 2.13. The van der Waals surface area contributed by atoms with Crippen molar-refractivity contribution in [2.24, 2.45) is 0 Å². The van der Waals surface area contributed by atoms with E-state index in [0.29, 0.717) is 58.6 Å². The smallest absolute Gasteiger partial charge is 0.305 e. The van der Waals surface area contributed by atoms with Gasteiger partial charge in [-0.1, -0.05) is 169 Å². The highest BCUT2D eigenvalue weighted by atomic mass is 16.5. The Balaban J connectivity index is 2.61. The Labute approximate surface area is 341 Å². The highest BCUT2D eigenvalue weighted by Gasteiger charge is 2.25. The number of carbonyl (C=O) groups excluding carboxylic acids is 3. The van der Waals surface area contributed by atoms with Gasteiger partial charge in [0.1, 0.15) is 0 Å². The highest BCUT2D eigenvalue weighted by molar-refractivity contribution is 5.80. The third-order valence-corrected chi connectivity index (χ3v) is 11.6. The van der Waals surface area contributed by atoms with Crippen LogP contribution in [0.2, 0.25) is 0 Å². The quantitative estimate of drug-likeness (QED) is 0.0457. The van der Waals surface area contributed by atoms with Gasteiger partial charge < -0.3 is 19.4 Å². The molecule has 1 heterocycles. The largest absolute Gasteiger partial charge is 0.466 e. The van der Waals surface area contributed by atoms with Gasteiger partial charge in [0.25, 0.3) is 0 Å². The van der Waals surface area contributed by atoms with Crippen LogP contribution in [0.3, 0.4) is 0 Å². The van der Waals surface area contributed by atoms with Crippen molar-refractivity contribution < 1.29 is 19.1 Å². The fourth-order valence-corrected chi connectivity index (χ4v) is 7.77. The van der Waals surface area contributed by atoms with E-state index in [2.05, 4.69) is 37.5 Å². The standard InChI is InChI=1S/C47H92N4O4/c1-5-9-13-17-20-23-27-34-48(35-28-24-21-18-14-10-6-2)37-38-49(36-29-25-22-19-15-11-7-3)44-46(53)51-41-39-50(40-42-51)45(52)32-31-33-47(54)55-43-30-26-16-12-8-4/h5-44H2,1-4H3. The Kier molecular flexibility index (Phi) is 35.4. The van der Waals surface area contributed by atoms with Gasteiger partial charge in [-0.2, -0.15) is 0 Å². The second-order valence-electron chi connectivity index (χ2n) is 16.7. The molecular formula is C47H92N4O4. The summed E-state index contributed by atoms with van der Waals surface area (Å²) in [5, 5.41) is 0. The molecule has 0 atom stereocenters. The summed E-state index contributed by atoms with van der Waals surface area (Å²) in [7, 11) is 0. The van der Waals surface area contributed by atoms with E-state index < -0.39 is 0 Å². The molecular weight excluding hydrogens is 685 g/mol. The van der Waals surface area contributed by atoms with E-state index in [0.717, 1.165) is 38.9 Å². The van der Waals surface area contributed by atoms with Gasteiger partial charge in [0.05, 0.1) is 13.2 Å². The Morgan fingerprint density at radius 2 is 0.764 bits per heavy atom. The molecule has 1 fully saturated rings. The molecule has 0 aromatic rings. The van der Waals surface area contributed by atoms with Crippen LogP contribution < -0.4 is 0 Å². The lowest BCUT2D eigenvalue weighted by Gasteiger charge is -2.36. The summed E-state index contributed by atoms with van der Waals surface area (Å²) in [5.41, 5.74) is 0. The molecule has 1 saturated heterocycles. The van der Waals surface area contributed by atoms with Crippen molar-refractivity contribution >= 4 is 17.8 Å². The number of esters is 1. The Hall–Kier alpha value is -1.67. The maximum absolute atomic E-state index is 13.7. The minimum atomic E-state index is -0.196. The van der Waals surface area contributed by atoms with Gasteiger partial charge in [-0.15, -0.1) is 0 Å². The van der Waals surface area contributed by atoms with Crippen LogP contribution in [0.15, 0.2) is 0 Å². The summed E-state index contributed by atoms with van der Waals surface area (Å²) in [5.74, 6) is 0.0960. The molecule has 2 amide bonds. The van der Waals surface area contributed by atoms with Crippen molar-refractivity contribution in [3.05, 3.63) is 0 Å². The topological polar surface area (TPSA) is 73.4 Å². The van der Waals surface area contributed by atoms with E-state index in [1.165, 1.54) is 161 Å². The van der Waals surface area contributed by atoms with E-state index in [1.54, 1.807) is 0 Å². The van der Waals surface area contributed by atoms with Gasteiger partial charge in [-0.3, -0.25) is 19.3 Å². The van der Waals surface area contributed by atoms with E-state index >= 15 is 0 Å². The predicted octanol–water partition coefficient (Wildman–Crippen LogP) is 11.2. The summed E-state index contributed by atoms with van der Waals surface area (Å²) in [6.07, 6.45) is 34.6. The van der Waals surface area contributed by atoms with Gasteiger partial charge in [0.15, 0.2) is 0 Å². The molecule has 324 valence electrons. The third kappa shape index (κ3) is 30.1. The number of ether oxygens (including phenoxy) is 1. The average molecular weight is 777 g/mol. The number of nitrogens with zero attached hydrogens (tertiary/aromatic N) is 4. The van der Waals surface area contributed by atoms with E-state index in [-0.39, 0.29) is 17.8 Å². The number of amides is 2. The van der Waals surface area contributed by atoms with Gasteiger partial charge in [-0.05, 0) is 51.7 Å². The van der Waals surface area contributed by atoms with E-state index in [4.69, 9.17) is 4.74 Å². The fourth-order valence-electron chi connectivity index (χ4n) is 7.77. The molecule has 0 saturated carbocycles. The molecule has 0 bridgehead atoms. The average Bonchev–Trinajstić information content (AvgIpc) is 3.19. The van der Waals surface area contributed by atoms with Gasteiger partial charge >= 0.3 is 5.97 Å². The number of carbonyl (C=O) groups is 3. The van der Waals surface area contributed by atoms with Gasteiger partial charge in [-0.25, -0.2) is 0 Å². The number of rotatable bonds is 39. The lowest BCUT2D eigenvalue weighted by atomic mass is 10.1.